The van der Waals surface area contributed by atoms with Crippen LogP contribution in [0.5, 0.6) is 0 Å². The van der Waals surface area contributed by atoms with Crippen LogP contribution in [-0.4, -0.2) is 25.1 Å². The second-order valence-corrected chi connectivity index (χ2v) is 5.35. The number of ether oxygens (including phenoxy) is 2. The highest BCUT2D eigenvalue weighted by Gasteiger charge is 2.36. The van der Waals surface area contributed by atoms with Crippen LogP contribution in [0.25, 0.3) is 0 Å². The van der Waals surface area contributed by atoms with Crippen LogP contribution in [0.1, 0.15) is 56.8 Å². The molecule has 1 heterocycles. The summed E-state index contributed by atoms with van der Waals surface area (Å²) < 4.78 is 11.5. The van der Waals surface area contributed by atoms with E-state index < -0.39 is 6.10 Å². The molecule has 1 aromatic rings. The summed E-state index contributed by atoms with van der Waals surface area (Å²) in [5.74, 6) is 0.138. The number of carbonyl (C=O) groups is 1. The van der Waals surface area contributed by atoms with E-state index in [2.05, 4.69) is 12.1 Å². The molecular weight excluding hydrogens is 282 g/mol. The predicted molar refractivity (Wildman–Crippen MR) is 83.5 cm³/mol. The Hall–Kier alpha value is -2.04. The summed E-state index contributed by atoms with van der Waals surface area (Å²) in [6.45, 7) is 3.57. The van der Waals surface area contributed by atoms with Gasteiger partial charge in [-0.2, -0.15) is 0 Å². The van der Waals surface area contributed by atoms with Gasteiger partial charge in [0, 0.05) is 18.1 Å². The molecule has 0 saturated carbocycles. The van der Waals surface area contributed by atoms with E-state index in [0.29, 0.717) is 5.90 Å². The predicted octanol–water partition coefficient (Wildman–Crippen LogP) is 3.58. The Balaban J connectivity index is 2.33. The first kappa shape index (κ1) is 16.3. The molecule has 0 fully saturated rings. The first-order valence-corrected chi connectivity index (χ1v) is 7.71. The Bertz CT molecular complexity index is 541. The van der Waals surface area contributed by atoms with Gasteiger partial charge in [0.25, 0.3) is 5.90 Å². The third kappa shape index (κ3) is 3.78. The standard InChI is InChI=1S/C17H23NO4/c1-4-5-6-11-15-16(21-12(2)19)13-9-7-8-10-14(13)17(22-15)18-20-3/h7-10,15-16H,4-6,11H2,1-3H3/b18-17-/t15-,16-/m0/s1. The zero-order chi connectivity index (χ0) is 15.9. The summed E-state index contributed by atoms with van der Waals surface area (Å²) in [5.41, 5.74) is 1.73. The molecule has 1 aliphatic heterocycles. The summed E-state index contributed by atoms with van der Waals surface area (Å²) in [6.07, 6.45) is 3.43. The average molecular weight is 305 g/mol. The molecule has 0 N–H and O–H groups in total. The van der Waals surface area contributed by atoms with Crippen LogP contribution in [0, 0.1) is 0 Å². The van der Waals surface area contributed by atoms with Gasteiger partial charge in [-0.15, -0.1) is 0 Å². The number of rotatable bonds is 6. The zero-order valence-corrected chi connectivity index (χ0v) is 13.4. The van der Waals surface area contributed by atoms with E-state index >= 15 is 0 Å². The van der Waals surface area contributed by atoms with E-state index in [1.54, 1.807) is 0 Å². The van der Waals surface area contributed by atoms with Crippen molar-refractivity contribution >= 4 is 11.9 Å². The summed E-state index contributed by atoms with van der Waals surface area (Å²) in [6, 6.07) is 7.67. The van der Waals surface area contributed by atoms with Gasteiger partial charge in [0.05, 0.1) is 0 Å². The molecule has 1 aromatic carbocycles. The molecule has 2 rings (SSSR count). The molecule has 1 aliphatic rings. The lowest BCUT2D eigenvalue weighted by Crippen LogP contribution is -2.35. The van der Waals surface area contributed by atoms with E-state index in [1.807, 2.05) is 24.3 Å². The second-order valence-electron chi connectivity index (χ2n) is 5.35. The first-order chi connectivity index (χ1) is 10.7. The van der Waals surface area contributed by atoms with Crippen molar-refractivity contribution in [1.29, 1.82) is 0 Å². The lowest BCUT2D eigenvalue weighted by atomic mass is 9.92. The van der Waals surface area contributed by atoms with Gasteiger partial charge in [-0.25, -0.2) is 0 Å². The average Bonchev–Trinajstić information content (AvgIpc) is 2.50. The van der Waals surface area contributed by atoms with Crippen LogP contribution in [-0.2, 0) is 19.1 Å². The van der Waals surface area contributed by atoms with Crippen molar-refractivity contribution in [3.63, 3.8) is 0 Å². The molecule has 22 heavy (non-hydrogen) atoms. The van der Waals surface area contributed by atoms with Crippen LogP contribution in [0.2, 0.25) is 0 Å². The number of unbranched alkanes of at least 4 members (excludes halogenated alkanes) is 2. The van der Waals surface area contributed by atoms with Gasteiger partial charge in [0.1, 0.15) is 13.2 Å². The van der Waals surface area contributed by atoms with Crippen molar-refractivity contribution in [2.24, 2.45) is 5.16 Å². The van der Waals surface area contributed by atoms with E-state index in [-0.39, 0.29) is 12.1 Å². The van der Waals surface area contributed by atoms with Gasteiger partial charge in [-0.05, 0) is 24.1 Å². The molecule has 0 bridgehead atoms. The zero-order valence-electron chi connectivity index (χ0n) is 13.4. The number of oxime groups is 1. The van der Waals surface area contributed by atoms with Gasteiger partial charge >= 0.3 is 5.97 Å². The maximum absolute atomic E-state index is 11.5. The largest absolute Gasteiger partial charge is 0.468 e. The Kier molecular flexibility index (Phi) is 5.81. The van der Waals surface area contributed by atoms with Crippen molar-refractivity contribution in [2.75, 3.05) is 7.11 Å². The van der Waals surface area contributed by atoms with Crippen molar-refractivity contribution in [3.05, 3.63) is 35.4 Å². The van der Waals surface area contributed by atoms with Gasteiger partial charge in [-0.3, -0.25) is 4.79 Å². The van der Waals surface area contributed by atoms with Gasteiger partial charge in [0.2, 0.25) is 0 Å². The number of benzene rings is 1. The van der Waals surface area contributed by atoms with Crippen LogP contribution >= 0.6 is 0 Å². The fourth-order valence-electron chi connectivity index (χ4n) is 2.69. The molecule has 0 unspecified atom stereocenters. The molecule has 120 valence electrons. The fourth-order valence-corrected chi connectivity index (χ4v) is 2.69. The van der Waals surface area contributed by atoms with Crippen LogP contribution in [0.4, 0.5) is 0 Å². The number of hydrogen-bond donors (Lipinski definition) is 0. The third-order valence-electron chi connectivity index (χ3n) is 3.66. The topological polar surface area (TPSA) is 57.1 Å². The second kappa shape index (κ2) is 7.82. The quantitative estimate of drug-likeness (QED) is 0.458. The van der Waals surface area contributed by atoms with Crippen LogP contribution in [0.15, 0.2) is 29.4 Å². The smallest absolute Gasteiger partial charge is 0.303 e. The number of carbonyl (C=O) groups excluding carboxylic acids is 1. The van der Waals surface area contributed by atoms with Gasteiger partial charge in [0.15, 0.2) is 6.10 Å². The minimum absolute atomic E-state index is 0.237. The Labute approximate surface area is 131 Å². The molecule has 0 aromatic heterocycles. The minimum Gasteiger partial charge on any atom is -0.468 e. The minimum atomic E-state index is -0.402. The first-order valence-electron chi connectivity index (χ1n) is 7.71. The number of nitrogens with zero attached hydrogens (tertiary/aromatic N) is 1. The maximum atomic E-state index is 11.5. The van der Waals surface area contributed by atoms with Crippen molar-refractivity contribution < 1.29 is 19.1 Å². The maximum Gasteiger partial charge on any atom is 0.303 e. The fraction of sp³-hybridized carbons (Fsp3) is 0.529. The highest BCUT2D eigenvalue weighted by molar-refractivity contribution is 5.96. The summed E-state index contributed by atoms with van der Waals surface area (Å²) in [4.78, 5) is 16.4. The Morgan fingerprint density at radius 2 is 2.09 bits per heavy atom. The number of hydrogen-bond acceptors (Lipinski definition) is 5. The Morgan fingerprint density at radius 1 is 1.32 bits per heavy atom. The highest BCUT2D eigenvalue weighted by Crippen LogP contribution is 2.35. The highest BCUT2D eigenvalue weighted by atomic mass is 16.6. The molecule has 0 saturated heterocycles. The van der Waals surface area contributed by atoms with Gasteiger partial charge < -0.3 is 14.3 Å². The van der Waals surface area contributed by atoms with Crippen molar-refractivity contribution in [2.45, 2.75) is 51.7 Å². The molecule has 5 nitrogen and oxygen atoms in total. The molecular formula is C17H23NO4. The summed E-state index contributed by atoms with van der Waals surface area (Å²) >= 11 is 0. The third-order valence-corrected chi connectivity index (χ3v) is 3.66. The molecule has 0 aliphatic carbocycles. The van der Waals surface area contributed by atoms with Crippen molar-refractivity contribution in [3.8, 4) is 0 Å². The number of fused-ring (bicyclic) bond motifs is 1. The van der Waals surface area contributed by atoms with E-state index in [4.69, 9.17) is 14.3 Å². The molecule has 2 atom stereocenters. The monoisotopic (exact) mass is 305 g/mol. The summed E-state index contributed by atoms with van der Waals surface area (Å²) in [7, 11) is 1.49. The molecule has 0 amide bonds. The van der Waals surface area contributed by atoms with Crippen LogP contribution < -0.4 is 0 Å². The van der Waals surface area contributed by atoms with E-state index in [1.165, 1.54) is 14.0 Å². The van der Waals surface area contributed by atoms with Gasteiger partial charge in [-0.1, -0.05) is 38.0 Å². The Morgan fingerprint density at radius 3 is 2.77 bits per heavy atom. The van der Waals surface area contributed by atoms with Crippen molar-refractivity contribution in [1.82, 2.24) is 0 Å². The number of esters is 1. The molecule has 0 spiro atoms. The lowest BCUT2D eigenvalue weighted by Gasteiger charge is -2.33. The van der Waals surface area contributed by atoms with E-state index in [0.717, 1.165) is 36.8 Å². The summed E-state index contributed by atoms with van der Waals surface area (Å²) in [5, 5.41) is 3.97. The normalized spacial score (nSPS) is 21.9. The molecule has 5 heteroatoms. The van der Waals surface area contributed by atoms with E-state index in [9.17, 15) is 4.79 Å². The SMILES string of the molecule is CCCCC[C@@H]1O/C(=N\OC)c2ccccc2[C@@H]1OC(C)=O. The molecule has 0 radical (unpaired) electrons. The van der Waals surface area contributed by atoms with Crippen LogP contribution in [0.3, 0.4) is 0 Å². The lowest BCUT2D eigenvalue weighted by molar-refractivity contribution is -0.153.